The van der Waals surface area contributed by atoms with Gasteiger partial charge in [0.15, 0.2) is 0 Å². The maximum Gasteiger partial charge on any atom is 0.438 e. The van der Waals surface area contributed by atoms with Gasteiger partial charge in [-0.15, -0.1) is 0 Å². The first kappa shape index (κ1) is 16.5. The van der Waals surface area contributed by atoms with Crippen molar-refractivity contribution >= 4 is 34.8 Å². The van der Waals surface area contributed by atoms with E-state index in [-0.39, 0.29) is 32.2 Å². The van der Waals surface area contributed by atoms with Crippen LogP contribution in [0.1, 0.15) is 29.6 Å². The molecule has 1 aromatic carbocycles. The van der Waals surface area contributed by atoms with Crippen molar-refractivity contribution in [1.29, 1.82) is 0 Å². The fourth-order valence-corrected chi connectivity index (χ4v) is 2.92. The second-order valence-corrected chi connectivity index (χ2v) is 6.44. The average Bonchev–Trinajstić information content (AvgIpc) is 3.21. The van der Waals surface area contributed by atoms with Crippen molar-refractivity contribution in [2.45, 2.75) is 31.2 Å². The normalized spacial score (nSPS) is 24.8. The largest absolute Gasteiger partial charge is 0.438 e. The molecule has 1 amide bonds. The van der Waals surface area contributed by atoms with Crippen LogP contribution in [0, 0.1) is 5.92 Å². The minimum atomic E-state index is -5.04. The van der Waals surface area contributed by atoms with Gasteiger partial charge >= 0.3 is 6.18 Å². The van der Waals surface area contributed by atoms with E-state index in [1.807, 2.05) is 0 Å². The Morgan fingerprint density at radius 1 is 1.35 bits per heavy atom. The van der Waals surface area contributed by atoms with Crippen molar-refractivity contribution in [2.75, 3.05) is 0 Å². The van der Waals surface area contributed by atoms with Crippen LogP contribution in [0.5, 0.6) is 0 Å². The Kier molecular flexibility index (Phi) is 3.85. The molecule has 0 spiro atoms. The zero-order valence-corrected chi connectivity index (χ0v) is 13.1. The van der Waals surface area contributed by atoms with Gasteiger partial charge in [0, 0.05) is 17.2 Å². The highest BCUT2D eigenvalue weighted by atomic mass is 35.5. The Bertz CT molecular complexity index is 704. The van der Waals surface area contributed by atoms with E-state index < -0.39 is 24.2 Å². The molecule has 4 nitrogen and oxygen atoms in total. The van der Waals surface area contributed by atoms with Crippen molar-refractivity contribution in [1.82, 2.24) is 5.01 Å². The number of halogens is 5. The van der Waals surface area contributed by atoms with Gasteiger partial charge in [-0.05, 0) is 37.0 Å². The summed E-state index contributed by atoms with van der Waals surface area (Å²) in [5.41, 5.74) is -3.38. The van der Waals surface area contributed by atoms with E-state index in [1.165, 1.54) is 18.2 Å². The van der Waals surface area contributed by atoms with Crippen molar-refractivity contribution in [3.63, 3.8) is 0 Å². The van der Waals surface area contributed by atoms with Gasteiger partial charge in [-0.25, -0.2) is 0 Å². The predicted molar refractivity (Wildman–Crippen MR) is 78.4 cm³/mol. The monoisotopic (exact) mass is 366 g/mol. The van der Waals surface area contributed by atoms with Gasteiger partial charge < -0.3 is 5.11 Å². The first-order valence-corrected chi connectivity index (χ1v) is 7.55. The van der Waals surface area contributed by atoms with Crippen molar-refractivity contribution in [3.8, 4) is 0 Å². The fraction of sp³-hybridized carbons (Fsp3) is 0.429. The standard InChI is InChI=1S/C14H11Cl2F3N2O2/c15-8-3-4-9(10(16)5-8)12(22)21-13(23,14(17,18)19)6-11(20-21)7-1-2-7/h3-5,7,23H,1-2,6H2. The highest BCUT2D eigenvalue weighted by Gasteiger charge is 2.64. The summed E-state index contributed by atoms with van der Waals surface area (Å²) in [6.45, 7) is 0. The number of hydrazone groups is 1. The maximum atomic E-state index is 13.3. The number of amides is 1. The minimum Gasteiger partial charge on any atom is -0.362 e. The number of hydrogen-bond acceptors (Lipinski definition) is 3. The lowest BCUT2D eigenvalue weighted by molar-refractivity contribution is -0.297. The van der Waals surface area contributed by atoms with Gasteiger partial charge in [0.05, 0.1) is 10.6 Å². The summed E-state index contributed by atoms with van der Waals surface area (Å²) in [5.74, 6) is -1.23. The number of hydrogen-bond donors (Lipinski definition) is 1. The number of alkyl halides is 3. The molecule has 23 heavy (non-hydrogen) atoms. The molecule has 0 radical (unpaired) electrons. The van der Waals surface area contributed by atoms with Crippen LogP contribution in [-0.4, -0.2) is 33.6 Å². The molecule has 1 unspecified atom stereocenters. The topological polar surface area (TPSA) is 52.9 Å². The van der Waals surface area contributed by atoms with Gasteiger partial charge in [0.25, 0.3) is 11.6 Å². The Morgan fingerprint density at radius 3 is 2.52 bits per heavy atom. The second-order valence-electron chi connectivity index (χ2n) is 5.60. The number of rotatable bonds is 2. The van der Waals surface area contributed by atoms with E-state index in [2.05, 4.69) is 5.10 Å². The Balaban J connectivity index is 2.01. The predicted octanol–water partition coefficient (Wildman–Crippen LogP) is 3.86. The van der Waals surface area contributed by atoms with Gasteiger partial charge in [-0.1, -0.05) is 23.2 Å². The summed E-state index contributed by atoms with van der Waals surface area (Å²) in [5, 5.41) is 14.1. The minimum absolute atomic E-state index is 0.0930. The van der Waals surface area contributed by atoms with Gasteiger partial charge in [-0.3, -0.25) is 4.79 Å². The molecule has 1 atom stereocenters. The quantitative estimate of drug-likeness (QED) is 0.863. The van der Waals surface area contributed by atoms with Gasteiger partial charge in [0.2, 0.25) is 0 Å². The lowest BCUT2D eigenvalue weighted by Gasteiger charge is -2.32. The van der Waals surface area contributed by atoms with E-state index >= 15 is 0 Å². The summed E-state index contributed by atoms with van der Waals surface area (Å²) in [6.07, 6.45) is -4.37. The number of benzene rings is 1. The van der Waals surface area contributed by atoms with E-state index in [9.17, 15) is 23.1 Å². The summed E-state index contributed by atoms with van der Waals surface area (Å²) >= 11 is 11.6. The first-order chi connectivity index (χ1) is 10.6. The summed E-state index contributed by atoms with van der Waals surface area (Å²) in [4.78, 5) is 12.5. The van der Waals surface area contributed by atoms with Crippen LogP contribution in [0.3, 0.4) is 0 Å². The number of carbonyl (C=O) groups is 1. The van der Waals surface area contributed by atoms with Crippen LogP contribution < -0.4 is 0 Å². The van der Waals surface area contributed by atoms with Crippen LogP contribution in [0.15, 0.2) is 23.3 Å². The van der Waals surface area contributed by atoms with E-state index in [0.717, 1.165) is 0 Å². The molecule has 0 bridgehead atoms. The highest BCUT2D eigenvalue weighted by Crippen LogP contribution is 2.46. The van der Waals surface area contributed by atoms with Crippen LogP contribution in [-0.2, 0) is 0 Å². The third-order valence-corrected chi connectivity index (χ3v) is 4.41. The molecule has 3 rings (SSSR count). The van der Waals surface area contributed by atoms with Crippen molar-refractivity contribution in [3.05, 3.63) is 33.8 Å². The SMILES string of the molecule is O=C(c1ccc(Cl)cc1Cl)N1N=C(C2CC2)CC1(O)C(F)(F)F. The zero-order valence-electron chi connectivity index (χ0n) is 11.6. The molecule has 9 heteroatoms. The Hall–Kier alpha value is -1.31. The van der Waals surface area contributed by atoms with Crippen molar-refractivity contribution in [2.24, 2.45) is 11.0 Å². The molecular weight excluding hydrogens is 356 g/mol. The fourth-order valence-electron chi connectivity index (χ4n) is 2.43. The van der Waals surface area contributed by atoms with Gasteiger partial charge in [0.1, 0.15) is 0 Å². The van der Waals surface area contributed by atoms with Crippen LogP contribution in [0.4, 0.5) is 13.2 Å². The molecule has 124 valence electrons. The molecule has 2 aliphatic rings. The molecule has 1 N–H and O–H groups in total. The molecule has 1 aliphatic carbocycles. The van der Waals surface area contributed by atoms with Crippen LogP contribution >= 0.6 is 23.2 Å². The lowest BCUT2D eigenvalue weighted by atomic mass is 10.0. The maximum absolute atomic E-state index is 13.3. The van der Waals surface area contributed by atoms with Gasteiger partial charge in [-0.2, -0.15) is 23.3 Å². The van der Waals surface area contributed by atoms with E-state index in [1.54, 1.807) is 0 Å². The van der Waals surface area contributed by atoms with E-state index in [4.69, 9.17) is 23.2 Å². The lowest BCUT2D eigenvalue weighted by Crippen LogP contribution is -2.56. The van der Waals surface area contributed by atoms with Crippen LogP contribution in [0.25, 0.3) is 0 Å². The summed E-state index contributed by atoms with van der Waals surface area (Å²) in [6, 6.07) is 3.77. The number of aliphatic hydroxyl groups is 1. The molecule has 1 fully saturated rings. The summed E-state index contributed by atoms with van der Waals surface area (Å²) < 4.78 is 40.0. The molecule has 1 aromatic rings. The Labute approximate surface area is 139 Å². The zero-order chi connectivity index (χ0) is 17.0. The third-order valence-electron chi connectivity index (χ3n) is 3.86. The smallest absolute Gasteiger partial charge is 0.362 e. The third kappa shape index (κ3) is 2.81. The molecule has 1 heterocycles. The molecule has 0 saturated heterocycles. The number of carbonyl (C=O) groups excluding carboxylic acids is 1. The van der Waals surface area contributed by atoms with Crippen molar-refractivity contribution < 1.29 is 23.1 Å². The molecule has 1 aliphatic heterocycles. The van der Waals surface area contributed by atoms with E-state index in [0.29, 0.717) is 12.8 Å². The number of nitrogens with zero attached hydrogens (tertiary/aromatic N) is 2. The Morgan fingerprint density at radius 2 is 2.00 bits per heavy atom. The average molecular weight is 367 g/mol. The molecular formula is C14H11Cl2F3N2O2. The second kappa shape index (κ2) is 5.36. The molecule has 0 aromatic heterocycles. The van der Waals surface area contributed by atoms with Crippen LogP contribution in [0.2, 0.25) is 10.0 Å². The highest BCUT2D eigenvalue weighted by molar-refractivity contribution is 6.36. The molecule has 1 saturated carbocycles. The summed E-state index contributed by atoms with van der Waals surface area (Å²) in [7, 11) is 0. The first-order valence-electron chi connectivity index (χ1n) is 6.79.